The average Bonchev–Trinajstić information content (AvgIpc) is 3.40. The number of allylic oxidation sites excluding steroid dienone is 6. The van der Waals surface area contributed by atoms with Crippen LogP contribution in [0.4, 0.5) is 0 Å². The lowest BCUT2D eigenvalue weighted by Crippen LogP contribution is -2.21. The van der Waals surface area contributed by atoms with Gasteiger partial charge in [0.15, 0.2) is 0 Å². The fourth-order valence-electron chi connectivity index (χ4n) is 6.20. The highest BCUT2D eigenvalue weighted by Crippen LogP contribution is 2.65. The van der Waals surface area contributed by atoms with E-state index in [9.17, 15) is 0 Å². The molecule has 2 fully saturated rings. The molecule has 250 valence electrons. The predicted molar refractivity (Wildman–Crippen MR) is 202 cm³/mol. The Kier molecular flexibility index (Phi) is 20.7. The molecule has 43 heavy (non-hydrogen) atoms. The van der Waals surface area contributed by atoms with Crippen molar-refractivity contribution in [3.05, 3.63) is 73.4 Å². The van der Waals surface area contributed by atoms with Crippen LogP contribution < -0.4 is 0 Å². The van der Waals surface area contributed by atoms with E-state index in [1.165, 1.54) is 60.0 Å². The Morgan fingerprint density at radius 1 is 0.907 bits per heavy atom. The molecule has 0 radical (unpaired) electrons. The monoisotopic (exact) mass is 595 g/mol. The van der Waals surface area contributed by atoms with Gasteiger partial charge in [-0.2, -0.15) is 0 Å². The second-order valence-electron chi connectivity index (χ2n) is 16.6. The van der Waals surface area contributed by atoms with Crippen molar-refractivity contribution < 1.29 is 0 Å². The second kappa shape index (κ2) is 20.5. The summed E-state index contributed by atoms with van der Waals surface area (Å²) in [5, 5.41) is 0. The first-order chi connectivity index (χ1) is 19.6. The van der Waals surface area contributed by atoms with Crippen molar-refractivity contribution in [1.82, 2.24) is 0 Å². The summed E-state index contributed by atoms with van der Waals surface area (Å²) in [7, 11) is 0. The largest absolute Gasteiger partial charge is 0.103 e. The second-order valence-corrected chi connectivity index (χ2v) is 16.6. The zero-order valence-electron chi connectivity index (χ0n) is 32.0. The van der Waals surface area contributed by atoms with Gasteiger partial charge in [-0.1, -0.05) is 157 Å². The van der Waals surface area contributed by atoms with Crippen LogP contribution in [0.25, 0.3) is 0 Å². The van der Waals surface area contributed by atoms with E-state index in [1.54, 1.807) is 0 Å². The summed E-state index contributed by atoms with van der Waals surface area (Å²) in [6.07, 6.45) is 12.0. The van der Waals surface area contributed by atoms with Crippen molar-refractivity contribution in [1.29, 1.82) is 0 Å². The van der Waals surface area contributed by atoms with Gasteiger partial charge in [-0.15, -0.1) is 13.2 Å². The molecular formula is C43H78. The van der Waals surface area contributed by atoms with Crippen molar-refractivity contribution in [3.8, 4) is 0 Å². The molecule has 2 saturated carbocycles. The molecule has 0 aromatic carbocycles. The summed E-state index contributed by atoms with van der Waals surface area (Å²) >= 11 is 0. The van der Waals surface area contributed by atoms with Crippen LogP contribution in [0.3, 0.4) is 0 Å². The van der Waals surface area contributed by atoms with Gasteiger partial charge in [-0.3, -0.25) is 0 Å². The van der Waals surface area contributed by atoms with E-state index in [0.29, 0.717) is 28.6 Å². The molecular weight excluding hydrogens is 516 g/mol. The lowest BCUT2D eigenvalue weighted by Gasteiger charge is -2.31. The van der Waals surface area contributed by atoms with Gasteiger partial charge < -0.3 is 0 Å². The van der Waals surface area contributed by atoms with E-state index in [2.05, 4.69) is 123 Å². The quantitative estimate of drug-likeness (QED) is 0.147. The Morgan fingerprint density at radius 2 is 1.37 bits per heavy atom. The van der Waals surface area contributed by atoms with Gasteiger partial charge in [0, 0.05) is 0 Å². The molecule has 5 unspecified atom stereocenters. The maximum Gasteiger partial charge on any atom is -0.0135 e. The molecule has 0 spiro atoms. The van der Waals surface area contributed by atoms with Gasteiger partial charge in [-0.25, -0.2) is 0 Å². The maximum absolute atomic E-state index is 4.41. The molecule has 0 aliphatic heterocycles. The summed E-state index contributed by atoms with van der Waals surface area (Å²) < 4.78 is 0. The zero-order chi connectivity index (χ0) is 34.3. The van der Waals surface area contributed by atoms with Crippen LogP contribution in [0.1, 0.15) is 148 Å². The molecule has 2 aliphatic rings. The molecule has 0 N–H and O–H groups in total. The zero-order valence-corrected chi connectivity index (χ0v) is 32.0. The van der Waals surface area contributed by atoms with Gasteiger partial charge >= 0.3 is 0 Å². The Hall–Kier alpha value is -1.56. The van der Waals surface area contributed by atoms with Crippen molar-refractivity contribution in [2.24, 2.45) is 52.3 Å². The normalized spacial score (nSPS) is 20.6. The minimum atomic E-state index is 0.305. The van der Waals surface area contributed by atoms with Crippen LogP contribution in [-0.2, 0) is 0 Å². The van der Waals surface area contributed by atoms with Crippen LogP contribution in [-0.4, -0.2) is 0 Å². The van der Waals surface area contributed by atoms with E-state index < -0.39 is 0 Å². The van der Waals surface area contributed by atoms with Gasteiger partial charge in [-0.05, 0) is 104 Å². The number of hydrogen-bond acceptors (Lipinski definition) is 0. The highest BCUT2D eigenvalue weighted by Gasteiger charge is 2.59. The summed E-state index contributed by atoms with van der Waals surface area (Å²) in [4.78, 5) is 0. The highest BCUT2D eigenvalue weighted by molar-refractivity contribution is 5.27. The van der Waals surface area contributed by atoms with Crippen molar-refractivity contribution in [2.45, 2.75) is 148 Å². The molecule has 2 aliphatic carbocycles. The van der Waals surface area contributed by atoms with Crippen LogP contribution >= 0.6 is 0 Å². The van der Waals surface area contributed by atoms with Crippen LogP contribution in [0.2, 0.25) is 0 Å². The molecule has 5 atom stereocenters. The third kappa shape index (κ3) is 17.5. The highest BCUT2D eigenvalue weighted by atomic mass is 14.6. The van der Waals surface area contributed by atoms with Crippen LogP contribution in [0.5, 0.6) is 0 Å². The van der Waals surface area contributed by atoms with E-state index in [0.717, 1.165) is 42.9 Å². The fourth-order valence-corrected chi connectivity index (χ4v) is 6.20. The lowest BCUT2D eigenvalue weighted by atomic mass is 9.74. The minimum absolute atomic E-state index is 0.305. The SMILES string of the molecule is C=C(C)C.C=C(C)C(CC(=C)C(C)C(C)(C)C)C1C(CC)C1(C)C.C=CCCC(=C)C(=C)C(C)CC1CCC1.CC(C)C. The van der Waals surface area contributed by atoms with Crippen LogP contribution in [0, 0.1) is 52.3 Å². The Bertz CT molecular complexity index is 871. The van der Waals surface area contributed by atoms with Crippen LogP contribution in [0.15, 0.2) is 73.4 Å². The van der Waals surface area contributed by atoms with Crippen molar-refractivity contribution in [2.75, 3.05) is 0 Å². The third-order valence-corrected chi connectivity index (χ3v) is 9.65. The molecule has 0 heteroatoms. The first-order valence-electron chi connectivity index (χ1n) is 17.5. The maximum atomic E-state index is 4.41. The molecule has 0 amide bonds. The summed E-state index contributed by atoms with van der Waals surface area (Å²) in [6, 6.07) is 0. The molecule has 0 nitrogen and oxygen atoms in total. The van der Waals surface area contributed by atoms with E-state index >= 15 is 0 Å². The fraction of sp³-hybridized carbons (Fsp3) is 0.721. The van der Waals surface area contributed by atoms with E-state index in [-0.39, 0.29) is 0 Å². The first-order valence-corrected chi connectivity index (χ1v) is 17.5. The molecule has 0 saturated heterocycles. The topological polar surface area (TPSA) is 0 Å². The summed E-state index contributed by atoms with van der Waals surface area (Å²) in [6.45, 7) is 55.7. The Morgan fingerprint density at radius 3 is 1.67 bits per heavy atom. The minimum Gasteiger partial charge on any atom is -0.103 e. The smallest absolute Gasteiger partial charge is 0.0135 e. The van der Waals surface area contributed by atoms with Gasteiger partial charge in [0.2, 0.25) is 0 Å². The molecule has 0 heterocycles. The van der Waals surface area contributed by atoms with Gasteiger partial charge in [0.05, 0.1) is 0 Å². The standard InChI is InChI=1S/C20H36.C15H24.C4H10.C4H8/c1-11-17-18(20(17,9)10)16(13(2)3)12-14(4)15(5)19(6,7)8;1-5-6-8-12(2)14(4)13(3)11-15-9-7-10-15;2*1-4(2)3/h15-18H,2,4,11-12H2,1,3,5-10H3;5,13,15H,1-2,4,6-11H2,3H3;4H,1-3H3;1H2,2-3H3. The molecule has 0 aromatic rings. The lowest BCUT2D eigenvalue weighted by molar-refractivity contribution is 0.270. The number of rotatable bonds is 13. The molecule has 0 bridgehead atoms. The first kappa shape index (κ1) is 43.6. The Balaban J connectivity index is 0. The van der Waals surface area contributed by atoms with E-state index in [4.69, 9.17) is 0 Å². The number of hydrogen-bond donors (Lipinski definition) is 0. The van der Waals surface area contributed by atoms with Crippen molar-refractivity contribution >= 4 is 0 Å². The average molecular weight is 595 g/mol. The Labute approximate surface area is 273 Å². The molecule has 2 rings (SSSR count). The summed E-state index contributed by atoms with van der Waals surface area (Å²) in [5.74, 6) is 5.26. The van der Waals surface area contributed by atoms with E-state index in [1.807, 2.05) is 19.9 Å². The summed E-state index contributed by atoms with van der Waals surface area (Å²) in [5.41, 5.74) is 7.21. The van der Waals surface area contributed by atoms with Gasteiger partial charge in [0.25, 0.3) is 0 Å². The van der Waals surface area contributed by atoms with Crippen molar-refractivity contribution in [3.63, 3.8) is 0 Å². The molecule has 0 aromatic heterocycles. The predicted octanol–water partition coefficient (Wildman–Crippen LogP) is 14.6. The van der Waals surface area contributed by atoms with Gasteiger partial charge in [0.1, 0.15) is 0 Å². The third-order valence-electron chi connectivity index (χ3n) is 9.65.